The van der Waals surface area contributed by atoms with Crippen LogP contribution in [0.1, 0.15) is 40.7 Å². The van der Waals surface area contributed by atoms with Crippen LogP contribution < -0.4 is 9.47 Å². The second-order valence-electron chi connectivity index (χ2n) is 9.17. The van der Waals surface area contributed by atoms with Gasteiger partial charge in [-0.25, -0.2) is 4.39 Å². The Bertz CT molecular complexity index is 1210. The van der Waals surface area contributed by atoms with E-state index < -0.39 is 11.7 Å². The van der Waals surface area contributed by atoms with Gasteiger partial charge >= 0.3 is 0 Å². The molecule has 0 fully saturated rings. The van der Waals surface area contributed by atoms with E-state index >= 15 is 0 Å². The molecule has 2 heterocycles. The number of ether oxygens (including phenoxy) is 2. The molecule has 36 heavy (non-hydrogen) atoms. The van der Waals surface area contributed by atoms with Crippen molar-refractivity contribution in [3.63, 3.8) is 0 Å². The molecule has 2 aromatic carbocycles. The number of benzene rings is 2. The number of fused-ring (bicyclic) bond motifs is 1. The highest BCUT2D eigenvalue weighted by Crippen LogP contribution is 2.35. The van der Waals surface area contributed by atoms with Crippen LogP contribution in [0.25, 0.3) is 0 Å². The first-order valence-corrected chi connectivity index (χ1v) is 12.9. The molecule has 0 bridgehead atoms. The molecule has 1 aliphatic heterocycles. The van der Waals surface area contributed by atoms with E-state index in [0.29, 0.717) is 24.6 Å². The molecule has 0 saturated carbocycles. The van der Waals surface area contributed by atoms with Gasteiger partial charge in [-0.3, -0.25) is 9.59 Å². The average molecular weight is 511 g/mol. The summed E-state index contributed by atoms with van der Waals surface area (Å²) in [5.41, 5.74) is 1.03. The van der Waals surface area contributed by atoms with Crippen LogP contribution in [0.3, 0.4) is 0 Å². The Kier molecular flexibility index (Phi) is 8.25. The number of rotatable bonds is 9. The lowest BCUT2D eigenvalue weighted by molar-refractivity contribution is -0.135. The summed E-state index contributed by atoms with van der Waals surface area (Å²) < 4.78 is 25.9. The molecule has 0 spiro atoms. The molecule has 2 amide bonds. The van der Waals surface area contributed by atoms with Crippen LogP contribution >= 0.6 is 11.3 Å². The second kappa shape index (κ2) is 11.6. The smallest absolute Gasteiger partial charge is 0.257 e. The van der Waals surface area contributed by atoms with Crippen LogP contribution in [0.2, 0.25) is 0 Å². The van der Waals surface area contributed by atoms with Crippen molar-refractivity contribution in [3.05, 3.63) is 81.8 Å². The van der Waals surface area contributed by atoms with Gasteiger partial charge in [-0.15, -0.1) is 11.3 Å². The minimum atomic E-state index is -0.590. The first-order chi connectivity index (χ1) is 17.4. The highest BCUT2D eigenvalue weighted by molar-refractivity contribution is 7.10. The zero-order chi connectivity index (χ0) is 25.7. The molecule has 0 radical (unpaired) electrons. The number of para-hydroxylation sites is 2. The highest BCUT2D eigenvalue weighted by Gasteiger charge is 2.34. The predicted octanol–water partition coefficient (Wildman–Crippen LogP) is 5.20. The summed E-state index contributed by atoms with van der Waals surface area (Å²) in [7, 11) is 1.59. The van der Waals surface area contributed by atoms with E-state index in [4.69, 9.17) is 9.47 Å². The van der Waals surface area contributed by atoms with Crippen molar-refractivity contribution in [3.8, 4) is 11.5 Å². The summed E-state index contributed by atoms with van der Waals surface area (Å²) in [6, 6.07) is 15.0. The van der Waals surface area contributed by atoms with E-state index in [0.717, 1.165) is 12.0 Å². The maximum Gasteiger partial charge on any atom is 0.257 e. The standard InChI is InChI=1S/C28H31FN2O4S/c1-19(2)16-30(28(33)20-8-4-5-9-22(20)29)17-27(32)31-14-12-26-21(13-15-36-26)23(31)18-35-25-11-7-6-10-24(25)34-3/h4-11,13,15,19,23H,12,14,16-18H2,1-3H3/t23-/m1/s1. The Morgan fingerprint density at radius 1 is 1.11 bits per heavy atom. The fraction of sp³-hybridized carbons (Fsp3) is 0.357. The average Bonchev–Trinajstić information content (AvgIpc) is 3.36. The van der Waals surface area contributed by atoms with Crippen molar-refractivity contribution >= 4 is 23.2 Å². The lowest BCUT2D eigenvalue weighted by Crippen LogP contribution is -2.48. The van der Waals surface area contributed by atoms with Gasteiger partial charge in [0.05, 0.1) is 18.7 Å². The zero-order valence-electron chi connectivity index (χ0n) is 20.8. The normalized spacial score (nSPS) is 14.9. The number of hydrogen-bond donors (Lipinski definition) is 0. The van der Waals surface area contributed by atoms with Gasteiger partial charge in [0.25, 0.3) is 5.91 Å². The maximum atomic E-state index is 14.4. The first-order valence-electron chi connectivity index (χ1n) is 12.0. The Hall–Kier alpha value is -3.39. The lowest BCUT2D eigenvalue weighted by atomic mass is 10.00. The molecule has 0 N–H and O–H groups in total. The van der Waals surface area contributed by atoms with Crippen LogP contribution in [0, 0.1) is 11.7 Å². The Morgan fingerprint density at radius 3 is 2.56 bits per heavy atom. The molecule has 8 heteroatoms. The molecule has 0 saturated heterocycles. The highest BCUT2D eigenvalue weighted by atomic mass is 32.1. The van der Waals surface area contributed by atoms with Gasteiger partial charge in [0.1, 0.15) is 19.0 Å². The fourth-order valence-corrected chi connectivity index (χ4v) is 5.43. The van der Waals surface area contributed by atoms with Gasteiger partial charge < -0.3 is 19.3 Å². The third-order valence-electron chi connectivity index (χ3n) is 6.18. The summed E-state index contributed by atoms with van der Waals surface area (Å²) >= 11 is 1.67. The minimum absolute atomic E-state index is 0.0271. The maximum absolute atomic E-state index is 14.4. The quantitative estimate of drug-likeness (QED) is 0.397. The third kappa shape index (κ3) is 5.70. The van der Waals surface area contributed by atoms with Crippen LogP contribution in [0.5, 0.6) is 11.5 Å². The number of amides is 2. The van der Waals surface area contributed by atoms with Gasteiger partial charge in [0, 0.05) is 18.0 Å². The van der Waals surface area contributed by atoms with Crippen molar-refractivity contribution in [1.29, 1.82) is 0 Å². The number of carbonyl (C=O) groups is 2. The molecule has 0 aliphatic carbocycles. The number of halogens is 1. The second-order valence-corrected chi connectivity index (χ2v) is 10.2. The number of carbonyl (C=O) groups excluding carboxylic acids is 2. The van der Waals surface area contributed by atoms with Gasteiger partial charge in [-0.1, -0.05) is 38.1 Å². The van der Waals surface area contributed by atoms with Crippen LogP contribution in [-0.2, 0) is 11.2 Å². The van der Waals surface area contributed by atoms with Crippen molar-refractivity contribution in [2.45, 2.75) is 26.3 Å². The van der Waals surface area contributed by atoms with E-state index in [9.17, 15) is 14.0 Å². The molecule has 1 aromatic heterocycles. The van der Waals surface area contributed by atoms with Crippen molar-refractivity contribution in [2.24, 2.45) is 5.92 Å². The van der Waals surface area contributed by atoms with E-state index in [1.54, 1.807) is 35.5 Å². The molecule has 1 aliphatic rings. The van der Waals surface area contributed by atoms with Crippen molar-refractivity contribution in [1.82, 2.24) is 9.80 Å². The summed E-state index contributed by atoms with van der Waals surface area (Å²) in [5.74, 6) is 0.0768. The number of methoxy groups -OCH3 is 1. The monoisotopic (exact) mass is 510 g/mol. The Labute approximate surface area is 215 Å². The Morgan fingerprint density at radius 2 is 1.83 bits per heavy atom. The first kappa shape index (κ1) is 25.7. The van der Waals surface area contributed by atoms with E-state index in [1.165, 1.54) is 21.9 Å². The number of hydrogen-bond acceptors (Lipinski definition) is 5. The topological polar surface area (TPSA) is 59.1 Å². The van der Waals surface area contributed by atoms with Gasteiger partial charge in [-0.2, -0.15) is 0 Å². The molecule has 4 rings (SSSR count). The molecule has 0 unspecified atom stereocenters. The summed E-state index contributed by atoms with van der Waals surface area (Å²) in [5, 5.41) is 2.03. The molecule has 190 valence electrons. The van der Waals surface area contributed by atoms with Crippen molar-refractivity contribution < 1.29 is 23.5 Å². The number of nitrogens with zero attached hydrogens (tertiary/aromatic N) is 2. The fourth-order valence-electron chi connectivity index (χ4n) is 4.50. The van der Waals surface area contributed by atoms with Crippen LogP contribution in [0.15, 0.2) is 60.0 Å². The van der Waals surface area contributed by atoms with Crippen molar-refractivity contribution in [2.75, 3.05) is 33.4 Å². The summed E-state index contributed by atoms with van der Waals surface area (Å²) in [6.07, 6.45) is 0.745. The molecule has 3 aromatic rings. The van der Waals surface area contributed by atoms with Gasteiger partial charge in [0.2, 0.25) is 5.91 Å². The Balaban J connectivity index is 1.56. The number of thiophene rings is 1. The van der Waals surface area contributed by atoms with Crippen LogP contribution in [-0.4, -0.2) is 55.0 Å². The minimum Gasteiger partial charge on any atom is -0.493 e. The lowest BCUT2D eigenvalue weighted by Gasteiger charge is -2.37. The largest absolute Gasteiger partial charge is 0.493 e. The molecule has 6 nitrogen and oxygen atoms in total. The van der Waals surface area contributed by atoms with E-state index in [-0.39, 0.29) is 36.6 Å². The van der Waals surface area contributed by atoms with E-state index in [2.05, 4.69) is 0 Å². The van der Waals surface area contributed by atoms with Gasteiger partial charge in [-0.05, 0) is 53.6 Å². The zero-order valence-corrected chi connectivity index (χ0v) is 21.6. The van der Waals surface area contributed by atoms with E-state index in [1.807, 2.05) is 49.6 Å². The molecular weight excluding hydrogens is 479 g/mol. The summed E-state index contributed by atoms with van der Waals surface area (Å²) in [4.78, 5) is 31.3. The van der Waals surface area contributed by atoms with Crippen LogP contribution in [0.4, 0.5) is 4.39 Å². The molecule has 1 atom stereocenters. The predicted molar refractivity (Wildman–Crippen MR) is 138 cm³/mol. The third-order valence-corrected chi connectivity index (χ3v) is 7.18. The molecular formula is C28H31FN2O4S. The SMILES string of the molecule is COc1ccccc1OC[C@@H]1c2ccsc2CCN1C(=O)CN(CC(C)C)C(=O)c1ccccc1F. The van der Waals surface area contributed by atoms with Gasteiger partial charge in [0.15, 0.2) is 11.5 Å². The summed E-state index contributed by atoms with van der Waals surface area (Å²) in [6.45, 7) is 4.93.